The van der Waals surface area contributed by atoms with E-state index >= 15 is 0 Å². The number of hydrogen-bond donors (Lipinski definition) is 0. The summed E-state index contributed by atoms with van der Waals surface area (Å²) in [6, 6.07) is 13.6. The predicted molar refractivity (Wildman–Crippen MR) is 122 cm³/mol. The van der Waals surface area contributed by atoms with Gasteiger partial charge in [-0.05, 0) is 48.4 Å². The number of imide groups is 1. The van der Waals surface area contributed by atoms with E-state index in [0.29, 0.717) is 19.5 Å². The molecular weight excluding hydrogens is 423 g/mol. The summed E-state index contributed by atoms with van der Waals surface area (Å²) in [6.07, 6.45) is 1.66. The first-order valence-electron chi connectivity index (χ1n) is 11.5. The second kappa shape index (κ2) is 8.94. The summed E-state index contributed by atoms with van der Waals surface area (Å²) in [4.78, 5) is 45.1. The van der Waals surface area contributed by atoms with Crippen molar-refractivity contribution in [3.63, 3.8) is 0 Å². The van der Waals surface area contributed by atoms with Gasteiger partial charge in [0.2, 0.25) is 17.7 Å². The Bertz CT molecular complexity index is 1050. The highest BCUT2D eigenvalue weighted by molar-refractivity contribution is 6.05. The summed E-state index contributed by atoms with van der Waals surface area (Å²) < 4.78 is 13.2. The highest BCUT2D eigenvalue weighted by atomic mass is 19.1. The monoisotopic (exact) mass is 450 g/mol. The zero-order chi connectivity index (χ0) is 22.9. The number of piperazine rings is 1. The molecule has 5 rings (SSSR count). The van der Waals surface area contributed by atoms with Crippen LogP contribution < -0.4 is 9.80 Å². The van der Waals surface area contributed by atoms with Crippen LogP contribution in [0.3, 0.4) is 0 Å². The smallest absolute Gasteiger partial charge is 0.247 e. The van der Waals surface area contributed by atoms with Crippen molar-refractivity contribution < 1.29 is 18.8 Å². The first-order chi connectivity index (χ1) is 16.0. The third-order valence-electron chi connectivity index (χ3n) is 6.83. The fourth-order valence-corrected chi connectivity index (χ4v) is 4.95. The molecule has 33 heavy (non-hydrogen) atoms. The molecule has 0 aromatic heterocycles. The van der Waals surface area contributed by atoms with Crippen molar-refractivity contribution >= 4 is 29.1 Å². The zero-order valence-electron chi connectivity index (χ0n) is 18.5. The molecule has 7 nitrogen and oxygen atoms in total. The lowest BCUT2D eigenvalue weighted by Crippen LogP contribution is -2.52. The van der Waals surface area contributed by atoms with Crippen LogP contribution in [-0.4, -0.2) is 66.3 Å². The average Bonchev–Trinajstić information content (AvgIpc) is 3.38. The van der Waals surface area contributed by atoms with E-state index in [1.165, 1.54) is 17.0 Å². The molecule has 8 heteroatoms. The van der Waals surface area contributed by atoms with Gasteiger partial charge in [0, 0.05) is 50.5 Å². The van der Waals surface area contributed by atoms with Crippen molar-refractivity contribution in [1.82, 2.24) is 9.80 Å². The Labute approximate surface area is 192 Å². The molecule has 3 aliphatic heterocycles. The van der Waals surface area contributed by atoms with Crippen molar-refractivity contribution in [1.29, 1.82) is 0 Å². The molecule has 0 aliphatic carbocycles. The quantitative estimate of drug-likeness (QED) is 0.655. The summed E-state index contributed by atoms with van der Waals surface area (Å²) in [7, 11) is 0. The normalized spacial score (nSPS) is 22.0. The third kappa shape index (κ3) is 4.35. The van der Waals surface area contributed by atoms with Gasteiger partial charge in [-0.1, -0.05) is 12.1 Å². The average molecular weight is 451 g/mol. The Morgan fingerprint density at radius 1 is 0.788 bits per heavy atom. The van der Waals surface area contributed by atoms with E-state index in [2.05, 4.69) is 9.80 Å². The topological polar surface area (TPSA) is 64.2 Å². The maximum atomic E-state index is 13.2. The number of rotatable bonds is 5. The van der Waals surface area contributed by atoms with Gasteiger partial charge in [-0.15, -0.1) is 0 Å². The zero-order valence-corrected chi connectivity index (χ0v) is 18.5. The molecular formula is C25H27FN4O3. The van der Waals surface area contributed by atoms with Crippen molar-refractivity contribution in [3.05, 3.63) is 59.9 Å². The molecule has 0 bridgehead atoms. The number of nitrogens with zero attached hydrogens (tertiary/aromatic N) is 4. The lowest BCUT2D eigenvalue weighted by molar-refractivity contribution is -0.140. The number of anilines is 2. The summed E-state index contributed by atoms with van der Waals surface area (Å²) >= 11 is 0. The minimum Gasteiger partial charge on any atom is -0.369 e. The van der Waals surface area contributed by atoms with E-state index in [4.69, 9.17) is 0 Å². The molecule has 3 aliphatic rings. The molecule has 2 aromatic carbocycles. The fourth-order valence-electron chi connectivity index (χ4n) is 4.95. The lowest BCUT2D eigenvalue weighted by Gasteiger charge is -2.38. The van der Waals surface area contributed by atoms with E-state index in [1.54, 1.807) is 17.0 Å². The van der Waals surface area contributed by atoms with Crippen LogP contribution in [0.5, 0.6) is 0 Å². The molecule has 0 spiro atoms. The molecule has 2 aromatic rings. The van der Waals surface area contributed by atoms with Crippen LogP contribution in [0.1, 0.15) is 24.8 Å². The Morgan fingerprint density at radius 3 is 2.09 bits per heavy atom. The second-order valence-corrected chi connectivity index (χ2v) is 8.85. The van der Waals surface area contributed by atoms with Gasteiger partial charge in [-0.3, -0.25) is 24.2 Å². The van der Waals surface area contributed by atoms with Crippen LogP contribution >= 0.6 is 0 Å². The van der Waals surface area contributed by atoms with Crippen LogP contribution in [0.4, 0.5) is 15.8 Å². The van der Waals surface area contributed by atoms with Crippen molar-refractivity contribution in [2.24, 2.45) is 0 Å². The van der Waals surface area contributed by atoms with Gasteiger partial charge in [0.05, 0.1) is 19.0 Å². The minimum absolute atomic E-state index is 0.134. The summed E-state index contributed by atoms with van der Waals surface area (Å²) in [5.74, 6) is -0.416. The van der Waals surface area contributed by atoms with E-state index in [-0.39, 0.29) is 36.5 Å². The van der Waals surface area contributed by atoms with E-state index in [0.717, 1.165) is 43.0 Å². The van der Waals surface area contributed by atoms with Gasteiger partial charge < -0.3 is 9.80 Å². The summed E-state index contributed by atoms with van der Waals surface area (Å²) in [6.45, 7) is 3.77. The number of halogens is 1. The van der Waals surface area contributed by atoms with E-state index < -0.39 is 6.04 Å². The maximum absolute atomic E-state index is 13.2. The van der Waals surface area contributed by atoms with E-state index in [9.17, 15) is 18.8 Å². The highest BCUT2D eigenvalue weighted by Gasteiger charge is 2.42. The van der Waals surface area contributed by atoms with Crippen LogP contribution in [0.2, 0.25) is 0 Å². The predicted octanol–water partition coefficient (Wildman–Crippen LogP) is 2.40. The van der Waals surface area contributed by atoms with Crippen molar-refractivity contribution in [2.75, 3.05) is 42.5 Å². The first kappa shape index (κ1) is 21.6. The van der Waals surface area contributed by atoms with Crippen molar-refractivity contribution in [2.45, 2.75) is 31.8 Å². The minimum atomic E-state index is -0.422. The number of likely N-dealkylation sites (tertiary alicyclic amines) is 1. The lowest BCUT2D eigenvalue weighted by atomic mass is 10.1. The van der Waals surface area contributed by atoms with Gasteiger partial charge in [0.15, 0.2) is 0 Å². The molecule has 3 fully saturated rings. The summed E-state index contributed by atoms with van der Waals surface area (Å²) in [5, 5.41) is 0. The van der Waals surface area contributed by atoms with Gasteiger partial charge >= 0.3 is 0 Å². The highest BCUT2D eigenvalue weighted by Crippen LogP contribution is 2.26. The third-order valence-corrected chi connectivity index (χ3v) is 6.83. The molecule has 3 saturated heterocycles. The standard InChI is InChI=1S/C25H27FN4O3/c26-19-5-9-20(10-6-19)27-12-14-28(15-13-27)22-16-24(32)30(25(22)33)17-18-3-7-21(8-4-18)29-11-1-2-23(29)31/h3-10,22H,1-2,11-17H2/t22-/m1/s1. The molecule has 3 heterocycles. The van der Waals surface area contributed by atoms with Gasteiger partial charge in [-0.2, -0.15) is 0 Å². The number of hydrogen-bond acceptors (Lipinski definition) is 5. The fraction of sp³-hybridized carbons (Fsp3) is 0.400. The summed E-state index contributed by atoms with van der Waals surface area (Å²) in [5.41, 5.74) is 2.69. The Morgan fingerprint density at radius 2 is 1.45 bits per heavy atom. The van der Waals surface area contributed by atoms with Crippen LogP contribution in [0.25, 0.3) is 0 Å². The number of carbonyl (C=O) groups excluding carboxylic acids is 3. The first-order valence-corrected chi connectivity index (χ1v) is 11.5. The SMILES string of the molecule is O=C1C[C@@H](N2CCN(c3ccc(F)cc3)CC2)C(=O)N1Cc1ccc(N2CCCC2=O)cc1. The van der Waals surface area contributed by atoms with Crippen molar-refractivity contribution in [3.8, 4) is 0 Å². The Kier molecular flexibility index (Phi) is 5.85. The second-order valence-electron chi connectivity index (χ2n) is 8.85. The number of carbonyl (C=O) groups is 3. The molecule has 172 valence electrons. The largest absolute Gasteiger partial charge is 0.369 e. The van der Waals surface area contributed by atoms with Gasteiger partial charge in [0.1, 0.15) is 5.82 Å². The van der Waals surface area contributed by atoms with Crippen LogP contribution in [0.15, 0.2) is 48.5 Å². The maximum Gasteiger partial charge on any atom is 0.247 e. The molecule has 0 N–H and O–H groups in total. The Balaban J connectivity index is 1.19. The Hall–Kier alpha value is -3.26. The van der Waals surface area contributed by atoms with Gasteiger partial charge in [-0.25, -0.2) is 4.39 Å². The molecule has 0 unspecified atom stereocenters. The molecule has 0 radical (unpaired) electrons. The number of benzene rings is 2. The van der Waals surface area contributed by atoms with Gasteiger partial charge in [0.25, 0.3) is 0 Å². The van der Waals surface area contributed by atoms with Crippen LogP contribution in [0, 0.1) is 5.82 Å². The van der Waals surface area contributed by atoms with E-state index in [1.807, 2.05) is 24.3 Å². The molecule has 1 atom stereocenters. The number of amides is 3. The molecule has 0 saturated carbocycles. The van der Waals surface area contributed by atoms with Crippen LogP contribution in [-0.2, 0) is 20.9 Å². The molecule has 3 amide bonds.